The highest BCUT2D eigenvalue weighted by Gasteiger charge is 2.35. The summed E-state index contributed by atoms with van der Waals surface area (Å²) in [6, 6.07) is 4.17. The zero-order chi connectivity index (χ0) is 14.0. The molecular weight excluding hydrogens is 253 g/mol. The van der Waals surface area contributed by atoms with E-state index in [-0.39, 0.29) is 24.6 Å². The predicted molar refractivity (Wildman–Crippen MR) is 64.4 cm³/mol. The van der Waals surface area contributed by atoms with Crippen molar-refractivity contribution in [3.8, 4) is 5.75 Å². The molecule has 2 atom stereocenters. The van der Waals surface area contributed by atoms with Crippen molar-refractivity contribution in [2.45, 2.75) is 12.3 Å². The lowest BCUT2D eigenvalue weighted by atomic mass is 9.81. The molecule has 1 aromatic rings. The Balaban J connectivity index is 2.36. The smallest absolute Gasteiger partial charge is 0.308 e. The number of rotatable bonds is 3. The Morgan fingerprint density at radius 3 is 2.89 bits per heavy atom. The van der Waals surface area contributed by atoms with E-state index in [1.165, 1.54) is 25.3 Å². The van der Waals surface area contributed by atoms with Crippen molar-refractivity contribution in [2.24, 2.45) is 5.92 Å². The number of methoxy groups -OCH3 is 1. The second-order valence-corrected chi connectivity index (χ2v) is 4.45. The molecule has 19 heavy (non-hydrogen) atoms. The molecule has 0 radical (unpaired) electrons. The summed E-state index contributed by atoms with van der Waals surface area (Å²) in [5.74, 6) is -2.83. The number of halogens is 1. The van der Waals surface area contributed by atoms with Crippen molar-refractivity contribution < 1.29 is 23.8 Å². The average molecular weight is 267 g/mol. The molecule has 2 rings (SSSR count). The quantitative estimate of drug-likeness (QED) is 0.861. The second-order valence-electron chi connectivity index (χ2n) is 4.45. The maximum Gasteiger partial charge on any atom is 0.308 e. The van der Waals surface area contributed by atoms with Gasteiger partial charge in [-0.15, -0.1) is 0 Å². The summed E-state index contributed by atoms with van der Waals surface area (Å²) in [7, 11) is 1.34. The van der Waals surface area contributed by atoms with Crippen LogP contribution in [0, 0.1) is 11.7 Å². The van der Waals surface area contributed by atoms with Crippen LogP contribution in [-0.2, 0) is 9.59 Å². The van der Waals surface area contributed by atoms with Crippen molar-refractivity contribution >= 4 is 11.9 Å². The lowest BCUT2D eigenvalue weighted by Crippen LogP contribution is -2.43. The van der Waals surface area contributed by atoms with Gasteiger partial charge in [0.05, 0.1) is 13.0 Å². The number of carboxylic acid groups (broad SMARTS) is 1. The Morgan fingerprint density at radius 1 is 1.53 bits per heavy atom. The summed E-state index contributed by atoms with van der Waals surface area (Å²) in [6.07, 6.45) is 0.0752. The van der Waals surface area contributed by atoms with Crippen molar-refractivity contribution in [1.29, 1.82) is 0 Å². The molecule has 1 heterocycles. The Morgan fingerprint density at radius 2 is 2.26 bits per heavy atom. The largest absolute Gasteiger partial charge is 0.494 e. The van der Waals surface area contributed by atoms with Crippen molar-refractivity contribution in [3.05, 3.63) is 29.6 Å². The molecule has 1 fully saturated rings. The Bertz CT molecular complexity index is 517. The molecule has 1 saturated heterocycles. The number of nitrogens with one attached hydrogen (secondary N) is 1. The molecule has 1 aromatic carbocycles. The fourth-order valence-corrected chi connectivity index (χ4v) is 2.30. The Kier molecular flexibility index (Phi) is 3.69. The molecule has 5 nitrogen and oxygen atoms in total. The SMILES string of the molecule is COc1cc(C2CC(=O)NCC2C(=O)O)ccc1F. The van der Waals surface area contributed by atoms with Gasteiger partial charge in [0, 0.05) is 18.9 Å². The second kappa shape index (κ2) is 5.26. The minimum Gasteiger partial charge on any atom is -0.494 e. The summed E-state index contributed by atoms with van der Waals surface area (Å²) in [5.41, 5.74) is 0.598. The first-order valence-electron chi connectivity index (χ1n) is 5.86. The molecule has 0 spiro atoms. The molecule has 0 saturated carbocycles. The molecule has 1 aliphatic heterocycles. The van der Waals surface area contributed by atoms with Crippen molar-refractivity contribution in [1.82, 2.24) is 5.32 Å². The van der Waals surface area contributed by atoms with Gasteiger partial charge in [0.1, 0.15) is 0 Å². The maximum atomic E-state index is 13.3. The summed E-state index contributed by atoms with van der Waals surface area (Å²) >= 11 is 0. The van der Waals surface area contributed by atoms with E-state index in [2.05, 4.69) is 5.32 Å². The van der Waals surface area contributed by atoms with Gasteiger partial charge >= 0.3 is 5.97 Å². The third kappa shape index (κ3) is 2.67. The number of benzene rings is 1. The molecule has 6 heteroatoms. The van der Waals surface area contributed by atoms with Gasteiger partial charge in [0.25, 0.3) is 0 Å². The lowest BCUT2D eigenvalue weighted by Gasteiger charge is -2.29. The van der Waals surface area contributed by atoms with Crippen molar-refractivity contribution in [3.63, 3.8) is 0 Å². The van der Waals surface area contributed by atoms with Crippen LogP contribution < -0.4 is 10.1 Å². The Hall–Kier alpha value is -2.11. The summed E-state index contributed by atoms with van der Waals surface area (Å²) in [6.45, 7) is 0.0819. The molecule has 0 bridgehead atoms. The number of carbonyl (C=O) groups excluding carboxylic acids is 1. The number of carboxylic acids is 1. The molecule has 102 valence electrons. The van der Waals surface area contributed by atoms with E-state index in [0.29, 0.717) is 5.56 Å². The normalized spacial score (nSPS) is 22.7. The van der Waals surface area contributed by atoms with Crippen LogP contribution in [0.15, 0.2) is 18.2 Å². The number of piperidine rings is 1. The van der Waals surface area contributed by atoms with E-state index in [9.17, 15) is 19.1 Å². The van der Waals surface area contributed by atoms with Crippen LogP contribution in [0.3, 0.4) is 0 Å². The predicted octanol–water partition coefficient (Wildman–Crippen LogP) is 1.14. The molecule has 1 amide bonds. The monoisotopic (exact) mass is 267 g/mol. The van der Waals surface area contributed by atoms with Crippen LogP contribution in [0.4, 0.5) is 4.39 Å². The number of hydrogen-bond acceptors (Lipinski definition) is 3. The summed E-state index contributed by atoms with van der Waals surface area (Å²) in [4.78, 5) is 22.6. The highest BCUT2D eigenvalue weighted by atomic mass is 19.1. The minimum atomic E-state index is -0.978. The first-order valence-corrected chi connectivity index (χ1v) is 5.86. The van der Waals surface area contributed by atoms with Crippen LogP contribution in [-0.4, -0.2) is 30.6 Å². The zero-order valence-corrected chi connectivity index (χ0v) is 10.4. The van der Waals surface area contributed by atoms with E-state index >= 15 is 0 Å². The lowest BCUT2D eigenvalue weighted by molar-refractivity contribution is -0.144. The van der Waals surface area contributed by atoms with Gasteiger partial charge in [-0.1, -0.05) is 6.07 Å². The first-order chi connectivity index (χ1) is 9.02. The van der Waals surface area contributed by atoms with Crippen LogP contribution in [0.25, 0.3) is 0 Å². The van der Waals surface area contributed by atoms with E-state index in [1.807, 2.05) is 0 Å². The highest BCUT2D eigenvalue weighted by Crippen LogP contribution is 2.33. The van der Waals surface area contributed by atoms with E-state index in [1.54, 1.807) is 0 Å². The maximum absolute atomic E-state index is 13.3. The number of hydrogen-bond donors (Lipinski definition) is 2. The van der Waals surface area contributed by atoms with E-state index < -0.39 is 23.6 Å². The fourth-order valence-electron chi connectivity index (χ4n) is 2.30. The zero-order valence-electron chi connectivity index (χ0n) is 10.4. The van der Waals surface area contributed by atoms with Gasteiger partial charge in [-0.25, -0.2) is 4.39 Å². The number of aliphatic carboxylic acids is 1. The molecule has 0 aliphatic carbocycles. The van der Waals surface area contributed by atoms with Gasteiger partial charge in [-0.2, -0.15) is 0 Å². The number of ether oxygens (including phenoxy) is 1. The standard InChI is InChI=1S/C13H14FNO4/c1-19-11-4-7(2-3-10(11)14)8-5-12(16)15-6-9(8)13(17)18/h2-4,8-9H,5-6H2,1H3,(H,15,16)(H,17,18). The van der Waals surface area contributed by atoms with E-state index in [0.717, 1.165) is 0 Å². The topological polar surface area (TPSA) is 75.6 Å². The third-order valence-electron chi connectivity index (χ3n) is 3.33. The van der Waals surface area contributed by atoms with Gasteiger partial charge in [0.15, 0.2) is 11.6 Å². The first kappa shape index (κ1) is 13.3. The summed E-state index contributed by atoms with van der Waals surface area (Å²) in [5, 5.41) is 11.7. The van der Waals surface area contributed by atoms with Gasteiger partial charge in [0.2, 0.25) is 5.91 Å². The molecule has 1 aliphatic rings. The van der Waals surface area contributed by atoms with Crippen LogP contribution in [0.5, 0.6) is 5.75 Å². The number of amides is 1. The van der Waals surface area contributed by atoms with Crippen LogP contribution >= 0.6 is 0 Å². The van der Waals surface area contributed by atoms with Crippen LogP contribution in [0.2, 0.25) is 0 Å². The van der Waals surface area contributed by atoms with Crippen LogP contribution in [0.1, 0.15) is 17.9 Å². The minimum absolute atomic E-state index is 0.0487. The van der Waals surface area contributed by atoms with Gasteiger partial charge < -0.3 is 15.2 Å². The Labute approximate surface area is 109 Å². The van der Waals surface area contributed by atoms with Gasteiger partial charge in [-0.05, 0) is 17.7 Å². The van der Waals surface area contributed by atoms with Crippen molar-refractivity contribution in [2.75, 3.05) is 13.7 Å². The third-order valence-corrected chi connectivity index (χ3v) is 3.33. The molecular formula is C13H14FNO4. The van der Waals surface area contributed by atoms with Gasteiger partial charge in [-0.3, -0.25) is 9.59 Å². The summed E-state index contributed by atoms with van der Waals surface area (Å²) < 4.78 is 18.2. The highest BCUT2D eigenvalue weighted by molar-refractivity contribution is 5.82. The van der Waals surface area contributed by atoms with E-state index in [4.69, 9.17) is 4.74 Å². The molecule has 0 aromatic heterocycles. The molecule has 2 N–H and O–H groups in total. The number of carbonyl (C=O) groups is 2. The fraction of sp³-hybridized carbons (Fsp3) is 0.385. The average Bonchev–Trinajstić information content (AvgIpc) is 2.38. The molecule has 2 unspecified atom stereocenters.